The van der Waals surface area contributed by atoms with Gasteiger partial charge in [0.15, 0.2) is 0 Å². The zero-order valence-corrected chi connectivity index (χ0v) is 9.74. The number of nitro groups is 1. The minimum atomic E-state index is -0.363. The van der Waals surface area contributed by atoms with Gasteiger partial charge in [0.05, 0.1) is 4.92 Å². The molecular weight excluding hydrogens is 246 g/mol. The summed E-state index contributed by atoms with van der Waals surface area (Å²) in [6.07, 6.45) is 0.972. The first-order valence-electron chi connectivity index (χ1n) is 4.50. The summed E-state index contributed by atoms with van der Waals surface area (Å²) in [5.41, 5.74) is 1.16. The molecule has 1 rings (SSSR count). The van der Waals surface area contributed by atoms with Crippen LogP contribution in [-0.2, 0) is 0 Å². The molecule has 1 aromatic rings. The van der Waals surface area contributed by atoms with Crippen molar-refractivity contribution >= 4 is 21.6 Å². The van der Waals surface area contributed by atoms with E-state index in [-0.39, 0.29) is 10.6 Å². The largest absolute Gasteiger partial charge is 0.269 e. The van der Waals surface area contributed by atoms with Crippen molar-refractivity contribution in [2.45, 2.75) is 26.2 Å². The van der Waals surface area contributed by atoms with Crippen LogP contribution in [-0.4, -0.2) is 4.92 Å². The summed E-state index contributed by atoms with van der Waals surface area (Å²) < 4.78 is 0.942. The van der Waals surface area contributed by atoms with Crippen molar-refractivity contribution in [1.82, 2.24) is 0 Å². The van der Waals surface area contributed by atoms with Crippen LogP contribution in [0.4, 0.5) is 5.69 Å². The van der Waals surface area contributed by atoms with E-state index in [0.717, 1.165) is 16.5 Å². The second kappa shape index (κ2) is 4.55. The van der Waals surface area contributed by atoms with Gasteiger partial charge in [0, 0.05) is 16.6 Å². The summed E-state index contributed by atoms with van der Waals surface area (Å²) in [5.74, 6) is 0.337. The zero-order valence-electron chi connectivity index (χ0n) is 8.16. The highest BCUT2D eigenvalue weighted by atomic mass is 79.9. The molecule has 3 nitrogen and oxygen atoms in total. The normalized spacial score (nSPS) is 12.5. The van der Waals surface area contributed by atoms with E-state index in [4.69, 9.17) is 0 Å². The van der Waals surface area contributed by atoms with Crippen LogP contribution >= 0.6 is 15.9 Å². The Hall–Kier alpha value is -0.900. The SMILES string of the molecule is CCC(C)c1cc([N+](=O)[O-])ccc1Br. The van der Waals surface area contributed by atoms with Crippen LogP contribution in [0.1, 0.15) is 31.7 Å². The van der Waals surface area contributed by atoms with Gasteiger partial charge >= 0.3 is 0 Å². The van der Waals surface area contributed by atoms with Crippen LogP contribution in [0.15, 0.2) is 22.7 Å². The topological polar surface area (TPSA) is 43.1 Å². The lowest BCUT2D eigenvalue weighted by atomic mass is 9.98. The number of nitrogens with zero attached hydrogens (tertiary/aromatic N) is 1. The molecule has 1 unspecified atom stereocenters. The van der Waals surface area contributed by atoms with Crippen LogP contribution in [0.2, 0.25) is 0 Å². The van der Waals surface area contributed by atoms with E-state index in [1.807, 2.05) is 0 Å². The van der Waals surface area contributed by atoms with E-state index >= 15 is 0 Å². The van der Waals surface area contributed by atoms with Gasteiger partial charge < -0.3 is 0 Å². The number of benzene rings is 1. The fourth-order valence-corrected chi connectivity index (χ4v) is 1.88. The highest BCUT2D eigenvalue weighted by molar-refractivity contribution is 9.10. The maximum Gasteiger partial charge on any atom is 0.269 e. The quantitative estimate of drug-likeness (QED) is 0.610. The third kappa shape index (κ3) is 2.32. The predicted molar refractivity (Wildman–Crippen MR) is 59.5 cm³/mol. The Morgan fingerprint density at radius 1 is 1.57 bits per heavy atom. The van der Waals surface area contributed by atoms with E-state index in [0.29, 0.717) is 5.92 Å². The fourth-order valence-electron chi connectivity index (χ4n) is 1.24. The number of halogens is 1. The van der Waals surface area contributed by atoms with Crippen molar-refractivity contribution in [3.05, 3.63) is 38.3 Å². The molecule has 0 radical (unpaired) electrons. The van der Waals surface area contributed by atoms with Gasteiger partial charge in [0.1, 0.15) is 0 Å². The van der Waals surface area contributed by atoms with E-state index < -0.39 is 0 Å². The van der Waals surface area contributed by atoms with Crippen molar-refractivity contribution in [1.29, 1.82) is 0 Å². The Morgan fingerprint density at radius 3 is 2.71 bits per heavy atom. The summed E-state index contributed by atoms with van der Waals surface area (Å²) >= 11 is 3.40. The minimum absolute atomic E-state index is 0.156. The average Bonchev–Trinajstić information content (AvgIpc) is 2.17. The minimum Gasteiger partial charge on any atom is -0.258 e. The van der Waals surface area contributed by atoms with E-state index in [2.05, 4.69) is 29.8 Å². The van der Waals surface area contributed by atoms with Crippen molar-refractivity contribution in [2.24, 2.45) is 0 Å². The van der Waals surface area contributed by atoms with Crippen molar-refractivity contribution in [3.8, 4) is 0 Å². The van der Waals surface area contributed by atoms with E-state index in [1.54, 1.807) is 12.1 Å². The molecule has 0 spiro atoms. The molecular formula is C10H12BrNO2. The molecule has 0 saturated heterocycles. The summed E-state index contributed by atoms with van der Waals surface area (Å²) in [5, 5.41) is 10.6. The average molecular weight is 258 g/mol. The summed E-state index contributed by atoms with van der Waals surface area (Å²) in [4.78, 5) is 10.2. The Kier molecular flexibility index (Phi) is 3.63. The first-order valence-corrected chi connectivity index (χ1v) is 5.29. The second-order valence-corrected chi connectivity index (χ2v) is 4.13. The van der Waals surface area contributed by atoms with Crippen LogP contribution in [0.25, 0.3) is 0 Å². The van der Waals surface area contributed by atoms with Crippen LogP contribution < -0.4 is 0 Å². The first-order chi connectivity index (χ1) is 6.56. The first kappa shape index (κ1) is 11.2. The number of nitro benzene ring substituents is 1. The fraction of sp³-hybridized carbons (Fsp3) is 0.400. The standard InChI is InChI=1S/C10H12BrNO2/c1-3-7(2)9-6-8(12(13)14)4-5-10(9)11/h4-7H,3H2,1-2H3. The smallest absolute Gasteiger partial charge is 0.258 e. The molecule has 0 N–H and O–H groups in total. The van der Waals surface area contributed by atoms with Gasteiger partial charge in [-0.15, -0.1) is 0 Å². The van der Waals surface area contributed by atoms with Gasteiger partial charge in [0.2, 0.25) is 0 Å². The summed E-state index contributed by atoms with van der Waals surface area (Å²) in [6, 6.07) is 4.88. The third-order valence-corrected chi connectivity index (χ3v) is 3.06. The second-order valence-electron chi connectivity index (χ2n) is 3.27. The lowest BCUT2D eigenvalue weighted by Crippen LogP contribution is -1.95. The van der Waals surface area contributed by atoms with E-state index in [9.17, 15) is 10.1 Å². The van der Waals surface area contributed by atoms with Crippen molar-refractivity contribution < 1.29 is 4.92 Å². The summed E-state index contributed by atoms with van der Waals surface area (Å²) in [7, 11) is 0. The number of rotatable bonds is 3. The molecule has 1 atom stereocenters. The highest BCUT2D eigenvalue weighted by Gasteiger charge is 2.13. The third-order valence-electron chi connectivity index (χ3n) is 2.33. The van der Waals surface area contributed by atoms with Gasteiger partial charge in [-0.2, -0.15) is 0 Å². The maximum atomic E-state index is 10.6. The number of non-ortho nitro benzene ring substituents is 1. The highest BCUT2D eigenvalue weighted by Crippen LogP contribution is 2.30. The number of hydrogen-bond acceptors (Lipinski definition) is 2. The Bertz CT molecular complexity index is 352. The molecule has 0 aromatic heterocycles. The molecule has 0 aliphatic carbocycles. The Labute approximate surface area is 91.4 Å². The summed E-state index contributed by atoms with van der Waals surface area (Å²) in [6.45, 7) is 4.12. The van der Waals surface area contributed by atoms with Crippen molar-refractivity contribution in [3.63, 3.8) is 0 Å². The lowest BCUT2D eigenvalue weighted by Gasteiger charge is -2.10. The lowest BCUT2D eigenvalue weighted by molar-refractivity contribution is -0.384. The van der Waals surface area contributed by atoms with Gasteiger partial charge in [-0.3, -0.25) is 10.1 Å². The molecule has 76 valence electrons. The van der Waals surface area contributed by atoms with Gasteiger partial charge in [-0.25, -0.2) is 0 Å². The Balaban J connectivity index is 3.14. The van der Waals surface area contributed by atoms with Crippen molar-refractivity contribution in [2.75, 3.05) is 0 Å². The Morgan fingerprint density at radius 2 is 2.21 bits per heavy atom. The maximum absolute atomic E-state index is 10.6. The molecule has 0 heterocycles. The molecule has 0 aliphatic heterocycles. The number of hydrogen-bond donors (Lipinski definition) is 0. The van der Waals surface area contributed by atoms with Crippen LogP contribution in [0, 0.1) is 10.1 Å². The molecule has 0 fully saturated rings. The molecule has 1 aromatic carbocycles. The van der Waals surface area contributed by atoms with Gasteiger partial charge in [-0.05, 0) is 24.0 Å². The van der Waals surface area contributed by atoms with Crippen LogP contribution in [0.3, 0.4) is 0 Å². The van der Waals surface area contributed by atoms with Crippen LogP contribution in [0.5, 0.6) is 0 Å². The van der Waals surface area contributed by atoms with E-state index in [1.165, 1.54) is 6.07 Å². The molecule has 0 amide bonds. The van der Waals surface area contributed by atoms with Gasteiger partial charge in [0.25, 0.3) is 5.69 Å². The molecule has 0 aliphatic rings. The molecule has 0 bridgehead atoms. The zero-order chi connectivity index (χ0) is 10.7. The molecule has 14 heavy (non-hydrogen) atoms. The predicted octanol–water partition coefficient (Wildman–Crippen LogP) is 3.87. The molecule has 4 heteroatoms. The van der Waals surface area contributed by atoms with Gasteiger partial charge in [-0.1, -0.05) is 29.8 Å². The monoisotopic (exact) mass is 257 g/mol. The molecule has 0 saturated carbocycles.